The summed E-state index contributed by atoms with van der Waals surface area (Å²) in [5, 5.41) is 3.01. The first kappa shape index (κ1) is 14.0. The molecule has 1 amide bonds. The number of carbonyl (C=O) groups excluding carboxylic acids is 1. The van der Waals surface area contributed by atoms with Gasteiger partial charge in [-0.15, -0.1) is 0 Å². The Kier molecular flexibility index (Phi) is 5.36. The van der Waals surface area contributed by atoms with Crippen molar-refractivity contribution in [3.63, 3.8) is 0 Å². The Bertz CT molecular complexity index is 388. The van der Waals surface area contributed by atoms with Crippen LogP contribution in [0.25, 0.3) is 0 Å². The molecule has 1 aromatic rings. The molecule has 0 spiro atoms. The monoisotopic (exact) mass is 262 g/mol. The Hall–Kier alpha value is -1.39. The molecule has 1 heterocycles. The van der Waals surface area contributed by atoms with Gasteiger partial charge >= 0.3 is 0 Å². The molecule has 2 rings (SSSR count). The smallest absolute Gasteiger partial charge is 0.220 e. The van der Waals surface area contributed by atoms with Crippen molar-refractivity contribution in [1.82, 2.24) is 5.32 Å². The van der Waals surface area contributed by atoms with Gasteiger partial charge in [-0.05, 0) is 24.8 Å². The van der Waals surface area contributed by atoms with Crippen LogP contribution >= 0.6 is 0 Å². The number of benzene rings is 1. The van der Waals surface area contributed by atoms with Crippen LogP contribution in [0, 0.1) is 0 Å². The van der Waals surface area contributed by atoms with E-state index in [4.69, 9.17) is 10.5 Å². The largest absolute Gasteiger partial charge is 0.379 e. The van der Waals surface area contributed by atoms with Gasteiger partial charge in [0.25, 0.3) is 0 Å². The molecule has 0 bridgehead atoms. The molecule has 2 unspecified atom stereocenters. The zero-order valence-corrected chi connectivity index (χ0v) is 11.2. The first-order valence-corrected chi connectivity index (χ1v) is 6.93. The van der Waals surface area contributed by atoms with Crippen molar-refractivity contribution in [2.24, 2.45) is 5.73 Å². The maximum absolute atomic E-state index is 11.8. The lowest BCUT2D eigenvalue weighted by Crippen LogP contribution is -2.40. The summed E-state index contributed by atoms with van der Waals surface area (Å²) in [5.74, 6) is 0.0712. The molecule has 1 aliphatic rings. The molecule has 0 aliphatic carbocycles. The lowest BCUT2D eigenvalue weighted by molar-refractivity contribution is -0.122. The fourth-order valence-corrected chi connectivity index (χ4v) is 2.31. The number of hydrogen-bond donors (Lipinski definition) is 2. The van der Waals surface area contributed by atoms with Crippen molar-refractivity contribution in [1.29, 1.82) is 0 Å². The number of amides is 1. The Morgan fingerprint density at radius 2 is 2.21 bits per heavy atom. The first-order chi connectivity index (χ1) is 9.25. The highest BCUT2D eigenvalue weighted by atomic mass is 16.5. The molecule has 2 atom stereocenters. The predicted molar refractivity (Wildman–Crippen MR) is 74.6 cm³/mol. The van der Waals surface area contributed by atoms with Crippen molar-refractivity contribution >= 4 is 5.91 Å². The second kappa shape index (κ2) is 7.26. The third kappa shape index (κ3) is 4.65. The summed E-state index contributed by atoms with van der Waals surface area (Å²) in [6.07, 6.45) is 3.17. The number of ether oxygens (including phenoxy) is 1. The number of carbonyl (C=O) groups is 1. The Balaban J connectivity index is 1.71. The molecule has 1 fully saturated rings. The normalized spacial score (nSPS) is 20.8. The van der Waals surface area contributed by atoms with Gasteiger partial charge in [-0.1, -0.05) is 30.3 Å². The number of nitrogens with one attached hydrogen (secondary N) is 1. The minimum absolute atomic E-state index is 0.0712. The second-order valence-corrected chi connectivity index (χ2v) is 5.04. The van der Waals surface area contributed by atoms with E-state index < -0.39 is 0 Å². The van der Waals surface area contributed by atoms with Gasteiger partial charge in [0.15, 0.2) is 0 Å². The number of rotatable bonds is 5. The van der Waals surface area contributed by atoms with Gasteiger partial charge in [-0.3, -0.25) is 4.79 Å². The van der Waals surface area contributed by atoms with Crippen molar-refractivity contribution in [2.45, 2.75) is 37.8 Å². The topological polar surface area (TPSA) is 64.4 Å². The highest BCUT2D eigenvalue weighted by molar-refractivity contribution is 5.76. The molecular weight excluding hydrogens is 240 g/mol. The maximum Gasteiger partial charge on any atom is 0.220 e. The average Bonchev–Trinajstić information content (AvgIpc) is 2.47. The van der Waals surface area contributed by atoms with Crippen LogP contribution in [-0.2, 0) is 9.53 Å². The lowest BCUT2D eigenvalue weighted by Gasteiger charge is -2.23. The van der Waals surface area contributed by atoms with Crippen molar-refractivity contribution in [3.05, 3.63) is 35.9 Å². The van der Waals surface area contributed by atoms with Crippen LogP contribution in [0.4, 0.5) is 0 Å². The predicted octanol–water partition coefficient (Wildman–Crippen LogP) is 1.76. The lowest BCUT2D eigenvalue weighted by atomic mass is 10.0. The summed E-state index contributed by atoms with van der Waals surface area (Å²) in [5.41, 5.74) is 7.15. The molecule has 0 saturated carbocycles. The minimum Gasteiger partial charge on any atom is -0.379 e. The van der Waals surface area contributed by atoms with Crippen LogP contribution in [0.2, 0.25) is 0 Å². The number of nitrogens with two attached hydrogens (primary N) is 1. The third-order valence-electron chi connectivity index (χ3n) is 3.44. The van der Waals surface area contributed by atoms with Crippen LogP contribution < -0.4 is 11.1 Å². The molecule has 1 aliphatic heterocycles. The zero-order valence-electron chi connectivity index (χ0n) is 11.2. The van der Waals surface area contributed by atoms with Gasteiger partial charge in [0.05, 0.1) is 12.6 Å². The van der Waals surface area contributed by atoms with E-state index in [1.54, 1.807) is 0 Å². The molecule has 19 heavy (non-hydrogen) atoms. The Morgan fingerprint density at radius 3 is 2.89 bits per heavy atom. The van der Waals surface area contributed by atoms with Crippen LogP contribution in [0.1, 0.15) is 37.3 Å². The first-order valence-electron chi connectivity index (χ1n) is 6.93. The molecule has 3 N–H and O–H groups in total. The molecule has 4 nitrogen and oxygen atoms in total. The fraction of sp³-hybridized carbons (Fsp3) is 0.533. The molecular formula is C15H22N2O2. The summed E-state index contributed by atoms with van der Waals surface area (Å²) in [6.45, 7) is 1.45. The van der Waals surface area contributed by atoms with E-state index in [0.717, 1.165) is 25.0 Å². The second-order valence-electron chi connectivity index (χ2n) is 5.04. The molecule has 104 valence electrons. The third-order valence-corrected chi connectivity index (χ3v) is 3.44. The van der Waals surface area contributed by atoms with Crippen LogP contribution in [0.5, 0.6) is 0 Å². The molecule has 0 radical (unpaired) electrons. The standard InChI is InChI=1S/C15H22N2O2/c16-14(12-5-2-1-3-6-12)8-9-15(18)17-13-7-4-10-19-11-13/h1-3,5-6,13-14H,4,7-11,16H2,(H,17,18). The van der Waals surface area contributed by atoms with Crippen molar-refractivity contribution in [3.8, 4) is 0 Å². The summed E-state index contributed by atoms with van der Waals surface area (Å²) in [6, 6.07) is 9.99. The van der Waals surface area contributed by atoms with E-state index in [1.165, 1.54) is 0 Å². The van der Waals surface area contributed by atoms with Gasteiger partial charge in [-0.25, -0.2) is 0 Å². The highest BCUT2D eigenvalue weighted by Crippen LogP contribution is 2.15. The SMILES string of the molecule is NC(CCC(=O)NC1CCCOC1)c1ccccc1. The molecule has 1 saturated heterocycles. The highest BCUT2D eigenvalue weighted by Gasteiger charge is 2.16. The Morgan fingerprint density at radius 1 is 1.42 bits per heavy atom. The van der Waals surface area contributed by atoms with Crippen LogP contribution in [0.15, 0.2) is 30.3 Å². The van der Waals surface area contributed by atoms with Crippen LogP contribution in [-0.4, -0.2) is 25.2 Å². The van der Waals surface area contributed by atoms with E-state index >= 15 is 0 Å². The number of hydrogen-bond acceptors (Lipinski definition) is 3. The Labute approximate surface area is 114 Å². The molecule has 0 aromatic heterocycles. The molecule has 1 aromatic carbocycles. The van der Waals surface area contributed by atoms with E-state index in [9.17, 15) is 4.79 Å². The van der Waals surface area contributed by atoms with Gasteiger partial charge in [-0.2, -0.15) is 0 Å². The van der Waals surface area contributed by atoms with Gasteiger partial charge in [0.1, 0.15) is 0 Å². The van der Waals surface area contributed by atoms with Crippen LogP contribution in [0.3, 0.4) is 0 Å². The van der Waals surface area contributed by atoms with Gasteiger partial charge in [0.2, 0.25) is 5.91 Å². The van der Waals surface area contributed by atoms with Crippen molar-refractivity contribution in [2.75, 3.05) is 13.2 Å². The molecule has 4 heteroatoms. The summed E-state index contributed by atoms with van der Waals surface area (Å²) in [4.78, 5) is 11.8. The fourth-order valence-electron chi connectivity index (χ4n) is 2.31. The van der Waals surface area contributed by atoms with Gasteiger partial charge < -0.3 is 15.8 Å². The summed E-state index contributed by atoms with van der Waals surface area (Å²) in [7, 11) is 0. The van der Waals surface area contributed by atoms with Gasteiger partial charge in [0, 0.05) is 19.1 Å². The minimum atomic E-state index is -0.0745. The van der Waals surface area contributed by atoms with E-state index in [-0.39, 0.29) is 18.0 Å². The van der Waals surface area contributed by atoms with Crippen molar-refractivity contribution < 1.29 is 9.53 Å². The quantitative estimate of drug-likeness (QED) is 0.850. The summed E-state index contributed by atoms with van der Waals surface area (Å²) < 4.78 is 5.34. The zero-order chi connectivity index (χ0) is 13.5. The maximum atomic E-state index is 11.8. The average molecular weight is 262 g/mol. The van der Waals surface area contributed by atoms with E-state index in [2.05, 4.69) is 5.32 Å². The van der Waals surface area contributed by atoms with E-state index in [1.807, 2.05) is 30.3 Å². The summed E-state index contributed by atoms with van der Waals surface area (Å²) >= 11 is 0. The van der Waals surface area contributed by atoms with E-state index in [0.29, 0.717) is 19.4 Å².